The van der Waals surface area contributed by atoms with Gasteiger partial charge in [-0.15, -0.1) is 0 Å². The van der Waals surface area contributed by atoms with Crippen molar-refractivity contribution in [3.05, 3.63) is 106 Å². The minimum Gasteiger partial charge on any atom is -0.467 e. The van der Waals surface area contributed by atoms with Crippen LogP contribution in [0, 0.1) is 20.8 Å². The van der Waals surface area contributed by atoms with Crippen LogP contribution in [-0.4, -0.2) is 13.1 Å². The lowest BCUT2D eigenvalue weighted by molar-refractivity contribution is -0.147. The summed E-state index contributed by atoms with van der Waals surface area (Å²) < 4.78 is 11.7. The Bertz CT molecular complexity index is 956. The number of hydrogen-bond acceptors (Lipinski definition) is 3. The smallest absolute Gasteiger partial charge is 0.346 e. The monoisotopic (exact) mass is 372 g/mol. The van der Waals surface area contributed by atoms with Gasteiger partial charge in [0.05, 0.1) is 7.11 Å². The minimum atomic E-state index is -1.21. The van der Waals surface area contributed by atoms with Crippen molar-refractivity contribution in [3.8, 4) is 0 Å². The maximum Gasteiger partial charge on any atom is 0.346 e. The van der Waals surface area contributed by atoms with Gasteiger partial charge < -0.3 is 9.47 Å². The number of esters is 1. The number of ether oxygens (including phenoxy) is 2. The van der Waals surface area contributed by atoms with Crippen LogP contribution in [-0.2, 0) is 25.5 Å². The second-order valence-electron chi connectivity index (χ2n) is 7.55. The van der Waals surface area contributed by atoms with Gasteiger partial charge in [-0.1, -0.05) is 89.5 Å². The van der Waals surface area contributed by atoms with Gasteiger partial charge in [0.15, 0.2) is 5.60 Å². The van der Waals surface area contributed by atoms with Gasteiger partial charge in [0.2, 0.25) is 5.60 Å². The number of carbonyl (C=O) groups excluding carboxylic acids is 1. The van der Waals surface area contributed by atoms with Crippen LogP contribution in [0.3, 0.4) is 0 Å². The molecule has 3 aromatic carbocycles. The van der Waals surface area contributed by atoms with Crippen molar-refractivity contribution in [2.24, 2.45) is 0 Å². The Morgan fingerprint density at radius 2 is 1.04 bits per heavy atom. The fourth-order valence-electron chi connectivity index (χ4n) is 3.97. The molecule has 28 heavy (non-hydrogen) atoms. The Morgan fingerprint density at radius 3 is 1.39 bits per heavy atom. The zero-order valence-electron chi connectivity index (χ0n) is 16.7. The third-order valence-corrected chi connectivity index (χ3v) is 5.61. The number of epoxide rings is 1. The lowest BCUT2D eigenvalue weighted by atomic mass is 9.76. The molecular weight excluding hydrogens is 348 g/mol. The molecule has 1 saturated heterocycles. The predicted molar refractivity (Wildman–Crippen MR) is 109 cm³/mol. The summed E-state index contributed by atoms with van der Waals surface area (Å²) in [5.41, 5.74) is 3.98. The van der Waals surface area contributed by atoms with E-state index >= 15 is 0 Å². The quantitative estimate of drug-likeness (QED) is 0.480. The van der Waals surface area contributed by atoms with Gasteiger partial charge in [0.1, 0.15) is 0 Å². The Balaban J connectivity index is 1.97. The van der Waals surface area contributed by atoms with Crippen molar-refractivity contribution in [3.63, 3.8) is 0 Å². The molecule has 1 aliphatic heterocycles. The van der Waals surface area contributed by atoms with Gasteiger partial charge in [-0.2, -0.15) is 0 Å². The standard InChI is InChI=1S/C25H24O3/c1-17-5-11-20(12-6-17)24(21-13-7-18(2)8-14-21)25(28-24,23(26)27-4)22-15-9-19(3)10-16-22/h5-16H,1-4H3. The molecule has 142 valence electrons. The van der Waals surface area contributed by atoms with E-state index in [0.29, 0.717) is 0 Å². The minimum absolute atomic E-state index is 0.391. The molecule has 4 rings (SSSR count). The Morgan fingerprint density at radius 1 is 0.679 bits per heavy atom. The summed E-state index contributed by atoms with van der Waals surface area (Å²) in [6, 6.07) is 24.2. The summed E-state index contributed by atoms with van der Waals surface area (Å²) in [6.07, 6.45) is 0. The zero-order valence-corrected chi connectivity index (χ0v) is 16.7. The summed E-state index contributed by atoms with van der Waals surface area (Å²) in [4.78, 5) is 13.1. The summed E-state index contributed by atoms with van der Waals surface area (Å²) in [5, 5.41) is 0. The van der Waals surface area contributed by atoms with Crippen LogP contribution in [0.2, 0.25) is 0 Å². The van der Waals surface area contributed by atoms with Gasteiger partial charge in [0.25, 0.3) is 0 Å². The van der Waals surface area contributed by atoms with E-state index in [2.05, 4.69) is 0 Å². The normalized spacial score (nSPS) is 19.9. The predicted octanol–water partition coefficient (Wildman–Crippen LogP) is 4.95. The summed E-state index contributed by atoms with van der Waals surface area (Å²) >= 11 is 0. The van der Waals surface area contributed by atoms with Gasteiger partial charge in [-0.25, -0.2) is 4.79 Å². The molecule has 0 radical (unpaired) electrons. The Kier molecular flexibility index (Phi) is 4.35. The average molecular weight is 372 g/mol. The van der Waals surface area contributed by atoms with Crippen molar-refractivity contribution in [1.82, 2.24) is 0 Å². The van der Waals surface area contributed by atoms with Crippen LogP contribution in [0.25, 0.3) is 0 Å². The first-order chi connectivity index (χ1) is 13.4. The van der Waals surface area contributed by atoms with E-state index in [9.17, 15) is 4.79 Å². The lowest BCUT2D eigenvalue weighted by Gasteiger charge is -2.21. The van der Waals surface area contributed by atoms with E-state index in [1.54, 1.807) is 0 Å². The first-order valence-corrected chi connectivity index (χ1v) is 9.44. The van der Waals surface area contributed by atoms with Crippen molar-refractivity contribution >= 4 is 5.97 Å². The molecule has 0 aliphatic carbocycles. The third kappa shape index (κ3) is 2.58. The van der Waals surface area contributed by atoms with E-state index in [0.717, 1.165) is 33.4 Å². The van der Waals surface area contributed by atoms with E-state index < -0.39 is 17.2 Å². The average Bonchev–Trinajstić information content (AvgIpc) is 3.41. The molecular formula is C25H24O3. The van der Waals surface area contributed by atoms with Gasteiger partial charge in [-0.05, 0) is 37.5 Å². The van der Waals surface area contributed by atoms with Gasteiger partial charge >= 0.3 is 5.97 Å². The van der Waals surface area contributed by atoms with E-state index in [1.165, 1.54) is 7.11 Å². The molecule has 1 aliphatic rings. The number of aryl methyl sites for hydroxylation is 3. The first-order valence-electron chi connectivity index (χ1n) is 9.44. The number of benzene rings is 3. The highest BCUT2D eigenvalue weighted by Gasteiger charge is 2.78. The highest BCUT2D eigenvalue weighted by molar-refractivity contribution is 5.89. The number of hydrogen-bond donors (Lipinski definition) is 0. The molecule has 0 bridgehead atoms. The largest absolute Gasteiger partial charge is 0.467 e. The Hall–Kier alpha value is -2.91. The molecule has 0 spiro atoms. The summed E-state index contributed by atoms with van der Waals surface area (Å²) in [5.74, 6) is -0.391. The van der Waals surface area contributed by atoms with E-state index in [1.807, 2.05) is 93.6 Å². The van der Waals surface area contributed by atoms with E-state index in [-0.39, 0.29) is 0 Å². The molecule has 1 fully saturated rings. The maximum atomic E-state index is 13.1. The summed E-state index contributed by atoms with van der Waals surface area (Å²) in [7, 11) is 1.41. The number of rotatable bonds is 4. The molecule has 0 saturated carbocycles. The fourth-order valence-corrected chi connectivity index (χ4v) is 3.97. The molecule has 3 aromatic rings. The van der Waals surface area contributed by atoms with Crippen molar-refractivity contribution in [2.45, 2.75) is 32.0 Å². The van der Waals surface area contributed by atoms with Crippen molar-refractivity contribution in [1.29, 1.82) is 0 Å². The Labute approximate surface area is 165 Å². The molecule has 0 amide bonds. The van der Waals surface area contributed by atoms with Gasteiger partial charge in [0, 0.05) is 0 Å². The maximum absolute atomic E-state index is 13.1. The van der Waals surface area contributed by atoms with Crippen LogP contribution in [0.15, 0.2) is 72.8 Å². The third-order valence-electron chi connectivity index (χ3n) is 5.61. The number of carbonyl (C=O) groups is 1. The molecule has 1 unspecified atom stereocenters. The molecule has 1 atom stereocenters. The van der Waals surface area contributed by atoms with Crippen LogP contribution < -0.4 is 0 Å². The second-order valence-corrected chi connectivity index (χ2v) is 7.55. The lowest BCUT2D eigenvalue weighted by Crippen LogP contribution is -2.32. The highest BCUT2D eigenvalue weighted by atomic mass is 16.7. The van der Waals surface area contributed by atoms with Crippen LogP contribution in [0.5, 0.6) is 0 Å². The first kappa shape index (κ1) is 18.5. The van der Waals surface area contributed by atoms with Crippen molar-refractivity contribution in [2.75, 3.05) is 7.11 Å². The van der Waals surface area contributed by atoms with Crippen LogP contribution in [0.4, 0.5) is 0 Å². The summed E-state index contributed by atoms with van der Waals surface area (Å²) in [6.45, 7) is 6.11. The molecule has 3 nitrogen and oxygen atoms in total. The SMILES string of the molecule is COC(=O)C1(c2ccc(C)cc2)OC1(c1ccc(C)cc1)c1ccc(C)cc1. The molecule has 0 aromatic heterocycles. The van der Waals surface area contributed by atoms with Crippen LogP contribution in [0.1, 0.15) is 33.4 Å². The fraction of sp³-hybridized carbons (Fsp3) is 0.240. The second kappa shape index (κ2) is 6.61. The van der Waals surface area contributed by atoms with Gasteiger partial charge in [-0.3, -0.25) is 0 Å². The molecule has 3 heteroatoms. The molecule has 1 heterocycles. The van der Waals surface area contributed by atoms with E-state index in [4.69, 9.17) is 9.47 Å². The number of methoxy groups -OCH3 is 1. The highest BCUT2D eigenvalue weighted by Crippen LogP contribution is 2.66. The van der Waals surface area contributed by atoms with Crippen LogP contribution >= 0.6 is 0 Å². The molecule has 0 N–H and O–H groups in total. The van der Waals surface area contributed by atoms with Crippen molar-refractivity contribution < 1.29 is 14.3 Å². The topological polar surface area (TPSA) is 38.8 Å². The zero-order chi connectivity index (χ0) is 19.9.